The standard InChI is InChI=1S/C15H13BrF3NO/c16-12-8-11(15(17,18)19)9-13(10-12)20-6-7-21-14-4-2-1-3-5-14/h1-5,8-10,20H,6-7H2. The zero-order valence-corrected chi connectivity index (χ0v) is 12.5. The lowest BCUT2D eigenvalue weighted by atomic mass is 10.2. The molecule has 0 aliphatic rings. The summed E-state index contributed by atoms with van der Waals surface area (Å²) in [6.07, 6.45) is -4.36. The van der Waals surface area contributed by atoms with E-state index in [0.717, 1.165) is 17.9 Å². The van der Waals surface area contributed by atoms with Crippen molar-refractivity contribution in [2.24, 2.45) is 0 Å². The molecule has 0 radical (unpaired) electrons. The van der Waals surface area contributed by atoms with Crippen LogP contribution in [0.1, 0.15) is 5.56 Å². The number of para-hydroxylation sites is 1. The van der Waals surface area contributed by atoms with E-state index in [-0.39, 0.29) is 0 Å². The van der Waals surface area contributed by atoms with Gasteiger partial charge in [0.2, 0.25) is 0 Å². The molecule has 2 nitrogen and oxygen atoms in total. The van der Waals surface area contributed by atoms with E-state index in [4.69, 9.17) is 4.74 Å². The molecule has 2 aromatic rings. The maximum absolute atomic E-state index is 12.7. The van der Waals surface area contributed by atoms with Crippen molar-refractivity contribution in [2.45, 2.75) is 6.18 Å². The Labute approximate surface area is 129 Å². The summed E-state index contributed by atoms with van der Waals surface area (Å²) in [5, 5.41) is 2.91. The third-order valence-corrected chi connectivity index (χ3v) is 3.13. The Morgan fingerprint density at radius 3 is 2.43 bits per heavy atom. The van der Waals surface area contributed by atoms with Crippen LogP contribution < -0.4 is 10.1 Å². The lowest BCUT2D eigenvalue weighted by Gasteiger charge is -2.12. The van der Waals surface area contributed by atoms with Gasteiger partial charge in [0.15, 0.2) is 0 Å². The molecule has 1 N–H and O–H groups in total. The molecule has 0 fully saturated rings. The summed E-state index contributed by atoms with van der Waals surface area (Å²) in [6.45, 7) is 0.764. The number of alkyl halides is 3. The topological polar surface area (TPSA) is 21.3 Å². The maximum atomic E-state index is 12.7. The van der Waals surface area contributed by atoms with Gasteiger partial charge in [0, 0.05) is 16.7 Å². The summed E-state index contributed by atoms with van der Waals surface area (Å²) in [5.41, 5.74) is -0.295. The van der Waals surface area contributed by atoms with Crippen LogP contribution in [-0.4, -0.2) is 13.2 Å². The predicted molar refractivity (Wildman–Crippen MR) is 79.6 cm³/mol. The monoisotopic (exact) mass is 359 g/mol. The lowest BCUT2D eigenvalue weighted by Crippen LogP contribution is -2.12. The van der Waals surface area contributed by atoms with E-state index in [0.29, 0.717) is 23.3 Å². The minimum atomic E-state index is -4.36. The molecule has 2 aromatic carbocycles. The van der Waals surface area contributed by atoms with Gasteiger partial charge in [0.05, 0.1) is 5.56 Å². The first-order valence-corrected chi connectivity index (χ1v) is 7.04. The fourth-order valence-electron chi connectivity index (χ4n) is 1.74. The molecule has 21 heavy (non-hydrogen) atoms. The zero-order valence-electron chi connectivity index (χ0n) is 11.0. The predicted octanol–water partition coefficient (Wildman–Crippen LogP) is 4.96. The fraction of sp³-hybridized carbons (Fsp3) is 0.200. The summed E-state index contributed by atoms with van der Waals surface area (Å²) in [7, 11) is 0. The first-order valence-electron chi connectivity index (χ1n) is 6.25. The second kappa shape index (κ2) is 6.85. The zero-order chi connectivity index (χ0) is 15.3. The van der Waals surface area contributed by atoms with E-state index < -0.39 is 11.7 Å². The highest BCUT2D eigenvalue weighted by Crippen LogP contribution is 2.33. The Bertz CT molecular complexity index is 587. The summed E-state index contributed by atoms with van der Waals surface area (Å²) in [4.78, 5) is 0. The van der Waals surface area contributed by atoms with Crippen molar-refractivity contribution >= 4 is 21.6 Å². The van der Waals surface area contributed by atoms with Crippen LogP contribution in [0, 0.1) is 0 Å². The molecule has 0 saturated carbocycles. The Morgan fingerprint density at radius 2 is 1.76 bits per heavy atom. The van der Waals surface area contributed by atoms with Crippen molar-refractivity contribution in [3.05, 3.63) is 58.6 Å². The third-order valence-electron chi connectivity index (χ3n) is 2.67. The molecule has 0 aliphatic carbocycles. The van der Waals surface area contributed by atoms with Gasteiger partial charge in [-0.1, -0.05) is 34.1 Å². The highest BCUT2D eigenvalue weighted by molar-refractivity contribution is 9.10. The minimum absolute atomic E-state index is 0.359. The van der Waals surface area contributed by atoms with Crippen molar-refractivity contribution in [1.29, 1.82) is 0 Å². The fourth-order valence-corrected chi connectivity index (χ4v) is 2.23. The van der Waals surface area contributed by atoms with Crippen LogP contribution >= 0.6 is 15.9 Å². The van der Waals surface area contributed by atoms with Gasteiger partial charge in [-0.2, -0.15) is 13.2 Å². The molecule has 112 valence electrons. The van der Waals surface area contributed by atoms with E-state index in [9.17, 15) is 13.2 Å². The quantitative estimate of drug-likeness (QED) is 0.761. The number of hydrogen-bond acceptors (Lipinski definition) is 2. The molecular formula is C15H13BrF3NO. The minimum Gasteiger partial charge on any atom is -0.492 e. The first-order chi connectivity index (χ1) is 9.95. The summed E-state index contributed by atoms with van der Waals surface area (Å²) in [6, 6.07) is 12.9. The van der Waals surface area contributed by atoms with E-state index in [1.165, 1.54) is 0 Å². The second-order valence-corrected chi connectivity index (χ2v) is 5.23. The van der Waals surface area contributed by atoms with E-state index in [2.05, 4.69) is 21.2 Å². The van der Waals surface area contributed by atoms with Gasteiger partial charge in [0.1, 0.15) is 12.4 Å². The Hall–Kier alpha value is -1.69. The smallest absolute Gasteiger partial charge is 0.416 e. The van der Waals surface area contributed by atoms with Crippen LogP contribution in [-0.2, 0) is 6.18 Å². The van der Waals surface area contributed by atoms with Crippen molar-refractivity contribution < 1.29 is 17.9 Å². The van der Waals surface area contributed by atoms with Crippen LogP contribution in [0.3, 0.4) is 0 Å². The molecule has 0 unspecified atom stereocenters. The van der Waals surface area contributed by atoms with Gasteiger partial charge < -0.3 is 10.1 Å². The molecule has 0 bridgehead atoms. The average molecular weight is 360 g/mol. The van der Waals surface area contributed by atoms with Crippen LogP contribution in [0.5, 0.6) is 5.75 Å². The largest absolute Gasteiger partial charge is 0.492 e. The third kappa shape index (κ3) is 4.97. The molecular weight excluding hydrogens is 347 g/mol. The second-order valence-electron chi connectivity index (χ2n) is 4.31. The summed E-state index contributed by atoms with van der Waals surface area (Å²) < 4.78 is 43.9. The molecule has 0 heterocycles. The van der Waals surface area contributed by atoms with Gasteiger partial charge in [-0.3, -0.25) is 0 Å². The maximum Gasteiger partial charge on any atom is 0.416 e. The molecule has 0 aromatic heterocycles. The summed E-state index contributed by atoms with van der Waals surface area (Å²) >= 11 is 3.08. The Balaban J connectivity index is 1.90. The molecule has 2 rings (SSSR count). The Kier molecular flexibility index (Phi) is 5.12. The van der Waals surface area contributed by atoms with Crippen LogP contribution in [0.2, 0.25) is 0 Å². The lowest BCUT2D eigenvalue weighted by molar-refractivity contribution is -0.137. The van der Waals surface area contributed by atoms with Crippen molar-refractivity contribution in [1.82, 2.24) is 0 Å². The van der Waals surface area contributed by atoms with Gasteiger partial charge in [-0.25, -0.2) is 0 Å². The van der Waals surface area contributed by atoms with Gasteiger partial charge in [0.25, 0.3) is 0 Å². The van der Waals surface area contributed by atoms with Gasteiger partial charge in [-0.15, -0.1) is 0 Å². The van der Waals surface area contributed by atoms with E-state index in [1.54, 1.807) is 6.07 Å². The van der Waals surface area contributed by atoms with E-state index >= 15 is 0 Å². The van der Waals surface area contributed by atoms with Crippen LogP contribution in [0.15, 0.2) is 53.0 Å². The molecule has 0 amide bonds. The number of nitrogens with one attached hydrogen (secondary N) is 1. The van der Waals surface area contributed by atoms with Gasteiger partial charge >= 0.3 is 6.18 Å². The van der Waals surface area contributed by atoms with Crippen molar-refractivity contribution in [3.63, 3.8) is 0 Å². The Morgan fingerprint density at radius 1 is 1.05 bits per heavy atom. The number of hydrogen-bond donors (Lipinski definition) is 1. The molecule has 0 saturated heterocycles. The normalized spacial score (nSPS) is 11.2. The number of ether oxygens (including phenoxy) is 1. The summed E-state index contributed by atoms with van der Waals surface area (Å²) in [5.74, 6) is 0.726. The van der Waals surface area contributed by atoms with Gasteiger partial charge in [-0.05, 0) is 30.3 Å². The van der Waals surface area contributed by atoms with Crippen LogP contribution in [0.25, 0.3) is 0 Å². The number of halogens is 4. The van der Waals surface area contributed by atoms with Crippen LogP contribution in [0.4, 0.5) is 18.9 Å². The number of rotatable bonds is 5. The SMILES string of the molecule is FC(F)(F)c1cc(Br)cc(NCCOc2ccccc2)c1. The molecule has 0 atom stereocenters. The molecule has 0 spiro atoms. The van der Waals surface area contributed by atoms with E-state index in [1.807, 2.05) is 30.3 Å². The molecule has 0 aliphatic heterocycles. The number of anilines is 1. The highest BCUT2D eigenvalue weighted by atomic mass is 79.9. The first kappa shape index (κ1) is 15.7. The van der Waals surface area contributed by atoms with Crippen molar-refractivity contribution in [3.8, 4) is 5.75 Å². The average Bonchev–Trinajstić information content (AvgIpc) is 2.43. The number of benzene rings is 2. The van der Waals surface area contributed by atoms with Crippen molar-refractivity contribution in [2.75, 3.05) is 18.5 Å². The molecule has 6 heteroatoms. The highest BCUT2D eigenvalue weighted by Gasteiger charge is 2.31.